The van der Waals surface area contributed by atoms with E-state index in [1.54, 1.807) is 0 Å². The first kappa shape index (κ1) is 93.1. The Labute approximate surface area is 581 Å². The normalized spacial score (nSPS) is 14.7. The lowest BCUT2D eigenvalue weighted by Crippen LogP contribution is -2.30. The van der Waals surface area contributed by atoms with Gasteiger partial charge in [-0.25, -0.2) is 9.13 Å². The van der Waals surface area contributed by atoms with Gasteiger partial charge in [0.2, 0.25) is 0 Å². The predicted molar refractivity (Wildman–Crippen MR) is 386 cm³/mol. The highest BCUT2D eigenvalue weighted by molar-refractivity contribution is 7.47. The smallest absolute Gasteiger partial charge is 0.462 e. The molecule has 0 aromatic heterocycles. The molecule has 19 heteroatoms. The van der Waals surface area contributed by atoms with Gasteiger partial charge in [-0.3, -0.25) is 37.3 Å². The van der Waals surface area contributed by atoms with Crippen LogP contribution in [0.5, 0.6) is 0 Å². The molecule has 7 atom stereocenters. The Morgan fingerprint density at radius 1 is 0.295 bits per heavy atom. The summed E-state index contributed by atoms with van der Waals surface area (Å²) in [5, 5.41) is 10.6. The van der Waals surface area contributed by atoms with E-state index in [1.807, 2.05) is 0 Å². The number of aliphatic hydroxyl groups is 1. The van der Waals surface area contributed by atoms with E-state index in [1.165, 1.54) is 173 Å². The molecule has 0 amide bonds. The number of rotatable bonds is 73. The molecule has 0 saturated heterocycles. The van der Waals surface area contributed by atoms with Gasteiger partial charge < -0.3 is 33.8 Å². The second kappa shape index (κ2) is 65.4. The molecule has 95 heavy (non-hydrogen) atoms. The standard InChI is InChI=1S/C76H148O17P2/c1-9-68(7)54-46-38-29-23-19-17-15-13-11-12-14-16-18-20-25-31-42-50-58-75(80)93-72(63-87-74(79)57-49-41-35-34-37-45-53-67(5)6)65-91-95(84,85)89-61-70(77)60-88-94(82,83)90-64-71(62-86-73(78)56-48-40-33-27-28-36-44-52-66(3)4)92-76(81)59-51-43-32-26-22-21-24-30-39-47-55-69(8)10-2/h66-72,77H,9-65H2,1-8H3,(H,82,83)(H,84,85)/t68?,69?,70-,71-,72-/m1/s1. The number of esters is 4. The van der Waals surface area contributed by atoms with Gasteiger partial charge in [0.05, 0.1) is 26.4 Å². The first-order valence-corrected chi connectivity index (χ1v) is 42.3. The van der Waals surface area contributed by atoms with Gasteiger partial charge in [0.15, 0.2) is 12.2 Å². The Kier molecular flexibility index (Phi) is 64.0. The molecule has 0 aliphatic carbocycles. The molecule has 4 unspecified atom stereocenters. The molecule has 0 aromatic rings. The summed E-state index contributed by atoms with van der Waals surface area (Å²) >= 11 is 0. The van der Waals surface area contributed by atoms with Crippen molar-refractivity contribution in [1.82, 2.24) is 0 Å². The van der Waals surface area contributed by atoms with Crippen molar-refractivity contribution >= 4 is 39.5 Å². The van der Waals surface area contributed by atoms with Gasteiger partial charge in [-0.05, 0) is 49.4 Å². The lowest BCUT2D eigenvalue weighted by Gasteiger charge is -2.21. The summed E-state index contributed by atoms with van der Waals surface area (Å²) in [5.41, 5.74) is 0. The van der Waals surface area contributed by atoms with Crippen LogP contribution in [0.15, 0.2) is 0 Å². The summed E-state index contributed by atoms with van der Waals surface area (Å²) in [4.78, 5) is 72.7. The van der Waals surface area contributed by atoms with E-state index >= 15 is 0 Å². The topological polar surface area (TPSA) is 237 Å². The summed E-state index contributed by atoms with van der Waals surface area (Å²) < 4.78 is 68.4. The lowest BCUT2D eigenvalue weighted by molar-refractivity contribution is -0.161. The third kappa shape index (κ3) is 67.6. The van der Waals surface area contributed by atoms with Crippen molar-refractivity contribution in [3.05, 3.63) is 0 Å². The number of phosphoric ester groups is 2. The summed E-state index contributed by atoms with van der Waals surface area (Å²) in [6.45, 7) is 14.1. The number of phosphoric acid groups is 2. The Morgan fingerprint density at radius 2 is 0.505 bits per heavy atom. The number of carbonyl (C=O) groups excluding carboxylic acids is 4. The van der Waals surface area contributed by atoms with Gasteiger partial charge in [-0.2, -0.15) is 0 Å². The number of carbonyl (C=O) groups is 4. The second-order valence-corrected chi connectivity index (χ2v) is 31.7. The van der Waals surface area contributed by atoms with E-state index < -0.39 is 97.5 Å². The SMILES string of the molecule is CCC(C)CCCCCCCCCCCCCCCCCCCCC(=O)O[C@H](COC(=O)CCCCCCCCC(C)C)COP(=O)(O)OC[C@H](O)COP(=O)(O)OC[C@@H](COC(=O)CCCCCCCCCC(C)C)OC(=O)CCCCCCCCCCCCC(C)CC. The minimum absolute atomic E-state index is 0.105. The van der Waals surface area contributed by atoms with Gasteiger partial charge in [-0.15, -0.1) is 0 Å². The predicted octanol–water partition coefficient (Wildman–Crippen LogP) is 22.0. The fourth-order valence-electron chi connectivity index (χ4n) is 11.5. The highest BCUT2D eigenvalue weighted by Gasteiger charge is 2.30. The van der Waals surface area contributed by atoms with Crippen LogP contribution >= 0.6 is 15.6 Å². The maximum Gasteiger partial charge on any atom is 0.472 e. The molecule has 0 aromatic carbocycles. The fraction of sp³-hybridized carbons (Fsp3) is 0.947. The summed E-state index contributed by atoms with van der Waals surface area (Å²) in [7, 11) is -9.91. The van der Waals surface area contributed by atoms with Crippen LogP contribution in [0.25, 0.3) is 0 Å². The first-order valence-electron chi connectivity index (χ1n) is 39.3. The molecule has 0 aliphatic heterocycles. The van der Waals surface area contributed by atoms with Crippen LogP contribution < -0.4 is 0 Å². The van der Waals surface area contributed by atoms with E-state index in [9.17, 15) is 43.2 Å². The van der Waals surface area contributed by atoms with E-state index in [0.29, 0.717) is 37.5 Å². The number of hydrogen-bond donors (Lipinski definition) is 3. The quantitative estimate of drug-likeness (QED) is 0.0222. The molecular weight excluding hydrogens is 1250 g/mol. The van der Waals surface area contributed by atoms with Gasteiger partial charge >= 0.3 is 39.5 Å². The lowest BCUT2D eigenvalue weighted by atomic mass is 9.99. The first-order chi connectivity index (χ1) is 45.7. The van der Waals surface area contributed by atoms with E-state index in [-0.39, 0.29) is 25.7 Å². The summed E-state index contributed by atoms with van der Waals surface area (Å²) in [5.74, 6) is 0.933. The van der Waals surface area contributed by atoms with Crippen molar-refractivity contribution in [1.29, 1.82) is 0 Å². The Morgan fingerprint density at radius 3 is 0.747 bits per heavy atom. The van der Waals surface area contributed by atoms with Gasteiger partial charge in [0, 0.05) is 25.7 Å². The molecule has 0 bridgehead atoms. The van der Waals surface area contributed by atoms with Crippen LogP contribution in [0, 0.1) is 23.7 Å². The minimum atomic E-state index is -4.96. The molecule has 0 heterocycles. The number of aliphatic hydroxyl groups excluding tert-OH is 1. The van der Waals surface area contributed by atoms with Crippen LogP contribution in [-0.4, -0.2) is 96.7 Å². The van der Waals surface area contributed by atoms with Crippen molar-refractivity contribution in [2.45, 2.75) is 401 Å². The Balaban J connectivity index is 5.15. The molecule has 0 radical (unpaired) electrons. The van der Waals surface area contributed by atoms with Crippen LogP contribution in [0.3, 0.4) is 0 Å². The van der Waals surface area contributed by atoms with Gasteiger partial charge in [-0.1, -0.05) is 331 Å². The van der Waals surface area contributed by atoms with Crippen molar-refractivity contribution in [3.8, 4) is 0 Å². The Bertz CT molecular complexity index is 1870. The monoisotopic (exact) mass is 1400 g/mol. The van der Waals surface area contributed by atoms with Crippen LogP contribution in [0.1, 0.15) is 383 Å². The van der Waals surface area contributed by atoms with Crippen molar-refractivity contribution in [3.63, 3.8) is 0 Å². The van der Waals surface area contributed by atoms with E-state index in [2.05, 4.69) is 55.4 Å². The largest absolute Gasteiger partial charge is 0.472 e. The molecular formula is C76H148O17P2. The van der Waals surface area contributed by atoms with Crippen molar-refractivity contribution in [2.24, 2.45) is 23.7 Å². The van der Waals surface area contributed by atoms with Crippen molar-refractivity contribution < 1.29 is 80.2 Å². The Hall–Kier alpha value is -1.94. The fourth-order valence-corrected chi connectivity index (χ4v) is 13.1. The van der Waals surface area contributed by atoms with Gasteiger partial charge in [0.1, 0.15) is 19.3 Å². The third-order valence-electron chi connectivity index (χ3n) is 18.3. The highest BCUT2D eigenvalue weighted by atomic mass is 31.2. The number of hydrogen-bond acceptors (Lipinski definition) is 15. The molecule has 0 rings (SSSR count). The van der Waals surface area contributed by atoms with Crippen LogP contribution in [0.4, 0.5) is 0 Å². The van der Waals surface area contributed by atoms with Crippen LogP contribution in [0.2, 0.25) is 0 Å². The summed E-state index contributed by atoms with van der Waals surface area (Å²) in [6.07, 6.45) is 50.2. The third-order valence-corrected chi connectivity index (χ3v) is 20.2. The van der Waals surface area contributed by atoms with E-state index in [4.69, 9.17) is 37.0 Å². The molecule has 0 fully saturated rings. The maximum atomic E-state index is 13.1. The number of ether oxygens (including phenoxy) is 4. The zero-order chi connectivity index (χ0) is 70.3. The van der Waals surface area contributed by atoms with E-state index in [0.717, 1.165) is 115 Å². The number of unbranched alkanes of at least 4 members (excludes halogenated alkanes) is 37. The maximum absolute atomic E-state index is 13.1. The summed E-state index contributed by atoms with van der Waals surface area (Å²) in [6, 6.07) is 0. The molecule has 17 nitrogen and oxygen atoms in total. The molecule has 0 aliphatic rings. The average Bonchev–Trinajstić information content (AvgIpc) is 1.17. The van der Waals surface area contributed by atoms with Gasteiger partial charge in [0.25, 0.3) is 0 Å². The second-order valence-electron chi connectivity index (χ2n) is 28.8. The van der Waals surface area contributed by atoms with Crippen molar-refractivity contribution in [2.75, 3.05) is 39.6 Å². The molecule has 564 valence electrons. The highest BCUT2D eigenvalue weighted by Crippen LogP contribution is 2.45. The zero-order valence-corrected chi connectivity index (χ0v) is 64.1. The molecule has 3 N–H and O–H groups in total. The molecule has 0 spiro atoms. The zero-order valence-electron chi connectivity index (χ0n) is 62.3. The minimum Gasteiger partial charge on any atom is -0.462 e. The van der Waals surface area contributed by atoms with Crippen LogP contribution in [-0.2, 0) is 65.4 Å². The average molecular weight is 1400 g/mol. The molecule has 0 saturated carbocycles.